The number of benzene rings is 3. The Morgan fingerprint density at radius 3 is 2.43 bits per heavy atom. The normalized spacial score (nSPS) is 12.4. The van der Waals surface area contributed by atoms with Crippen molar-refractivity contribution in [2.24, 2.45) is 0 Å². The molecule has 0 aliphatic carbocycles. The second-order valence-corrected chi connectivity index (χ2v) is 8.69. The largest absolute Gasteiger partial charge is 0.492 e. The van der Waals surface area contributed by atoms with Gasteiger partial charge in [-0.3, -0.25) is 9.10 Å². The van der Waals surface area contributed by atoms with Gasteiger partial charge >= 0.3 is 0 Å². The standard InChI is InChI=1S/C22H23FN2O4S/c1-16(25(30(2,27)28)21-10-6-5-9-20(21)23)22(26)24-13-14-29-19-12-11-17-7-3-4-8-18(17)15-19/h3-12,15-16H,13-14H2,1-2H3,(H,24,26)/t16-/m1/s1. The SMILES string of the molecule is C[C@H](C(=O)NCCOc1ccc2ccccc2c1)N(c1ccccc1F)S(C)(=O)=O. The van der Waals surface area contributed by atoms with Gasteiger partial charge in [-0.15, -0.1) is 0 Å². The smallest absolute Gasteiger partial charge is 0.243 e. The predicted molar refractivity (Wildman–Crippen MR) is 116 cm³/mol. The van der Waals surface area contributed by atoms with E-state index in [1.165, 1.54) is 25.1 Å². The van der Waals surface area contributed by atoms with E-state index < -0.39 is 27.8 Å². The third kappa shape index (κ3) is 5.07. The van der Waals surface area contributed by atoms with Gasteiger partial charge in [-0.05, 0) is 42.0 Å². The van der Waals surface area contributed by atoms with Gasteiger partial charge in [0, 0.05) is 0 Å². The molecule has 3 aromatic carbocycles. The minimum absolute atomic E-state index is 0.171. The maximum absolute atomic E-state index is 14.1. The van der Waals surface area contributed by atoms with Gasteiger partial charge in [0.2, 0.25) is 15.9 Å². The Morgan fingerprint density at radius 1 is 1.07 bits per heavy atom. The number of para-hydroxylation sites is 1. The fourth-order valence-electron chi connectivity index (χ4n) is 3.16. The van der Waals surface area contributed by atoms with Gasteiger partial charge in [-0.1, -0.05) is 42.5 Å². The highest BCUT2D eigenvalue weighted by Crippen LogP contribution is 2.24. The first-order valence-electron chi connectivity index (χ1n) is 9.40. The van der Waals surface area contributed by atoms with Crippen LogP contribution in [0, 0.1) is 5.82 Å². The van der Waals surface area contributed by atoms with Crippen molar-refractivity contribution >= 4 is 32.4 Å². The van der Waals surface area contributed by atoms with E-state index in [4.69, 9.17) is 4.74 Å². The Kier molecular flexibility index (Phi) is 6.56. The predicted octanol–water partition coefficient (Wildman–Crippen LogP) is 3.33. The van der Waals surface area contributed by atoms with Crippen LogP contribution in [0.25, 0.3) is 10.8 Å². The second-order valence-electron chi connectivity index (χ2n) is 6.83. The van der Waals surface area contributed by atoms with Crippen LogP contribution in [0.3, 0.4) is 0 Å². The molecule has 30 heavy (non-hydrogen) atoms. The second kappa shape index (κ2) is 9.13. The highest BCUT2D eigenvalue weighted by Gasteiger charge is 2.30. The zero-order valence-corrected chi connectivity index (χ0v) is 17.5. The van der Waals surface area contributed by atoms with Crippen LogP contribution in [-0.2, 0) is 14.8 Å². The monoisotopic (exact) mass is 430 g/mol. The fraction of sp³-hybridized carbons (Fsp3) is 0.227. The minimum atomic E-state index is -3.88. The van der Waals surface area contributed by atoms with E-state index in [2.05, 4.69) is 5.32 Å². The molecule has 1 atom stereocenters. The Labute approximate surface area is 175 Å². The third-order valence-electron chi connectivity index (χ3n) is 4.57. The Morgan fingerprint density at radius 2 is 1.73 bits per heavy atom. The van der Waals surface area contributed by atoms with E-state index in [0.29, 0.717) is 5.75 Å². The molecule has 0 saturated heterocycles. The summed E-state index contributed by atoms with van der Waals surface area (Å²) >= 11 is 0. The number of nitrogens with zero attached hydrogens (tertiary/aromatic N) is 1. The molecule has 0 aliphatic rings. The molecule has 3 rings (SSSR count). The fourth-order valence-corrected chi connectivity index (χ4v) is 4.33. The van der Waals surface area contributed by atoms with Crippen molar-refractivity contribution in [2.45, 2.75) is 13.0 Å². The van der Waals surface area contributed by atoms with Crippen LogP contribution in [0.2, 0.25) is 0 Å². The minimum Gasteiger partial charge on any atom is -0.492 e. The summed E-state index contributed by atoms with van der Waals surface area (Å²) in [6.45, 7) is 1.78. The van der Waals surface area contributed by atoms with E-state index in [1.807, 2.05) is 42.5 Å². The number of amides is 1. The molecule has 0 aromatic heterocycles. The molecule has 0 spiro atoms. The molecular formula is C22H23FN2O4S. The summed E-state index contributed by atoms with van der Waals surface area (Å²) in [5, 5.41) is 4.78. The van der Waals surface area contributed by atoms with E-state index in [0.717, 1.165) is 27.4 Å². The number of carbonyl (C=O) groups excluding carboxylic acids is 1. The highest BCUT2D eigenvalue weighted by atomic mass is 32.2. The molecule has 0 saturated carbocycles. The zero-order chi connectivity index (χ0) is 21.7. The highest BCUT2D eigenvalue weighted by molar-refractivity contribution is 7.92. The van der Waals surface area contributed by atoms with Crippen molar-refractivity contribution in [2.75, 3.05) is 23.7 Å². The van der Waals surface area contributed by atoms with E-state index in [-0.39, 0.29) is 18.8 Å². The van der Waals surface area contributed by atoms with Crippen LogP contribution in [0.4, 0.5) is 10.1 Å². The molecule has 0 radical (unpaired) electrons. The van der Waals surface area contributed by atoms with Gasteiger partial charge < -0.3 is 10.1 Å². The molecular weight excluding hydrogens is 407 g/mol. The average Bonchev–Trinajstić information content (AvgIpc) is 2.71. The first-order valence-corrected chi connectivity index (χ1v) is 11.3. The third-order valence-corrected chi connectivity index (χ3v) is 5.80. The number of sulfonamides is 1. The van der Waals surface area contributed by atoms with Gasteiger partial charge in [0.05, 0.1) is 18.5 Å². The van der Waals surface area contributed by atoms with E-state index in [9.17, 15) is 17.6 Å². The van der Waals surface area contributed by atoms with Crippen LogP contribution >= 0.6 is 0 Å². The van der Waals surface area contributed by atoms with Crippen molar-refractivity contribution in [3.8, 4) is 5.75 Å². The number of rotatable bonds is 8. The summed E-state index contributed by atoms with van der Waals surface area (Å²) in [7, 11) is -3.88. The summed E-state index contributed by atoms with van der Waals surface area (Å²) in [6, 6.07) is 17.9. The van der Waals surface area contributed by atoms with Crippen LogP contribution < -0.4 is 14.4 Å². The first-order chi connectivity index (χ1) is 14.3. The molecule has 3 aromatic rings. The summed E-state index contributed by atoms with van der Waals surface area (Å²) < 4.78 is 45.0. The topological polar surface area (TPSA) is 75.7 Å². The molecule has 0 fully saturated rings. The lowest BCUT2D eigenvalue weighted by molar-refractivity contribution is -0.121. The average molecular weight is 431 g/mol. The Balaban J connectivity index is 1.60. The number of nitrogens with one attached hydrogen (secondary N) is 1. The molecule has 1 amide bonds. The summed E-state index contributed by atoms with van der Waals surface area (Å²) in [4.78, 5) is 12.5. The number of halogens is 1. The number of hydrogen-bond acceptors (Lipinski definition) is 4. The van der Waals surface area contributed by atoms with Crippen molar-refractivity contribution < 1.29 is 22.3 Å². The number of ether oxygens (including phenoxy) is 1. The Hall–Kier alpha value is -3.13. The van der Waals surface area contributed by atoms with Crippen molar-refractivity contribution in [1.82, 2.24) is 5.32 Å². The first kappa shape index (κ1) is 21.6. The van der Waals surface area contributed by atoms with Crippen LogP contribution in [0.5, 0.6) is 5.75 Å². The van der Waals surface area contributed by atoms with Crippen LogP contribution in [-0.4, -0.2) is 39.8 Å². The molecule has 158 valence electrons. The maximum Gasteiger partial charge on any atom is 0.243 e. The van der Waals surface area contributed by atoms with Crippen LogP contribution in [0.15, 0.2) is 66.7 Å². The quantitative estimate of drug-likeness (QED) is 0.556. The molecule has 1 N–H and O–H groups in total. The number of fused-ring (bicyclic) bond motifs is 1. The molecule has 0 aliphatic heterocycles. The molecule has 0 unspecified atom stereocenters. The lowest BCUT2D eigenvalue weighted by Gasteiger charge is -2.28. The summed E-state index contributed by atoms with van der Waals surface area (Å²) in [6.07, 6.45) is 0.937. The number of carbonyl (C=O) groups is 1. The number of hydrogen-bond donors (Lipinski definition) is 1. The molecule has 0 bridgehead atoms. The van der Waals surface area contributed by atoms with E-state index >= 15 is 0 Å². The molecule has 8 heteroatoms. The van der Waals surface area contributed by atoms with Crippen molar-refractivity contribution in [3.63, 3.8) is 0 Å². The van der Waals surface area contributed by atoms with Crippen LogP contribution in [0.1, 0.15) is 6.92 Å². The molecule has 0 heterocycles. The van der Waals surface area contributed by atoms with Crippen molar-refractivity contribution in [3.05, 3.63) is 72.5 Å². The van der Waals surface area contributed by atoms with Gasteiger partial charge in [-0.25, -0.2) is 12.8 Å². The maximum atomic E-state index is 14.1. The summed E-state index contributed by atoms with van der Waals surface area (Å²) in [5.74, 6) is -0.604. The van der Waals surface area contributed by atoms with Crippen molar-refractivity contribution in [1.29, 1.82) is 0 Å². The lowest BCUT2D eigenvalue weighted by atomic mass is 10.1. The molecule has 6 nitrogen and oxygen atoms in total. The zero-order valence-electron chi connectivity index (χ0n) is 16.7. The van der Waals surface area contributed by atoms with Gasteiger partial charge in [-0.2, -0.15) is 0 Å². The van der Waals surface area contributed by atoms with E-state index in [1.54, 1.807) is 0 Å². The number of anilines is 1. The van der Waals surface area contributed by atoms with Gasteiger partial charge in [0.25, 0.3) is 0 Å². The summed E-state index contributed by atoms with van der Waals surface area (Å²) in [5.41, 5.74) is -0.171. The Bertz CT molecular complexity index is 1150. The lowest BCUT2D eigenvalue weighted by Crippen LogP contribution is -2.48. The van der Waals surface area contributed by atoms with Gasteiger partial charge in [0.1, 0.15) is 24.2 Å². The van der Waals surface area contributed by atoms with Gasteiger partial charge in [0.15, 0.2) is 0 Å².